The van der Waals surface area contributed by atoms with Gasteiger partial charge >= 0.3 is 6.03 Å². The molecule has 0 saturated heterocycles. The summed E-state index contributed by atoms with van der Waals surface area (Å²) in [6.45, 7) is 0.0845. The molecule has 0 fully saturated rings. The van der Waals surface area contributed by atoms with Crippen molar-refractivity contribution < 1.29 is 31.9 Å². The summed E-state index contributed by atoms with van der Waals surface area (Å²) < 4.78 is 50.7. The minimum atomic E-state index is -4.11. The summed E-state index contributed by atoms with van der Waals surface area (Å²) in [5.41, 5.74) is 1.58. The first-order valence-electron chi connectivity index (χ1n) is 11.0. The molecular formula is C25H24FN3O6S. The van der Waals surface area contributed by atoms with Crippen LogP contribution in [0.4, 0.5) is 14.9 Å². The summed E-state index contributed by atoms with van der Waals surface area (Å²) in [6, 6.07) is 16.8. The third-order valence-electron chi connectivity index (χ3n) is 5.48. The van der Waals surface area contributed by atoms with Gasteiger partial charge in [0.25, 0.3) is 0 Å². The number of halogens is 1. The molecule has 0 saturated carbocycles. The molecule has 1 unspecified atom stereocenters. The number of anilines is 1. The molecule has 0 radical (unpaired) electrons. The molecule has 36 heavy (non-hydrogen) atoms. The average molecular weight is 514 g/mol. The van der Waals surface area contributed by atoms with E-state index in [0.717, 1.165) is 17.7 Å². The van der Waals surface area contributed by atoms with Crippen LogP contribution in [0.15, 0.2) is 72.8 Å². The number of likely N-dealkylation sites (N-methyl/N-ethyl adjacent to an activating group) is 1. The Bertz CT molecular complexity index is 1350. The number of carbonyl (C=O) groups excluding carboxylic acids is 2. The lowest BCUT2D eigenvalue weighted by Gasteiger charge is -2.25. The molecule has 2 N–H and O–H groups in total. The second-order valence-electron chi connectivity index (χ2n) is 8.14. The van der Waals surface area contributed by atoms with Crippen LogP contribution in [0, 0.1) is 5.82 Å². The lowest BCUT2D eigenvalue weighted by atomic mass is 10.0. The van der Waals surface area contributed by atoms with Crippen molar-refractivity contribution in [1.82, 2.24) is 10.0 Å². The van der Waals surface area contributed by atoms with E-state index in [0.29, 0.717) is 22.7 Å². The highest BCUT2D eigenvalue weighted by Crippen LogP contribution is 2.35. The minimum absolute atomic E-state index is 0.0845. The maximum absolute atomic E-state index is 13.4. The van der Waals surface area contributed by atoms with E-state index < -0.39 is 39.6 Å². The number of hydrogen-bond donors (Lipinski definition) is 2. The van der Waals surface area contributed by atoms with Crippen molar-refractivity contribution in [1.29, 1.82) is 0 Å². The predicted octanol–water partition coefficient (Wildman–Crippen LogP) is 2.96. The fourth-order valence-corrected chi connectivity index (χ4v) is 4.71. The Balaban J connectivity index is 1.49. The first kappa shape index (κ1) is 25.0. The van der Waals surface area contributed by atoms with E-state index in [1.807, 2.05) is 10.8 Å². The van der Waals surface area contributed by atoms with E-state index in [9.17, 15) is 22.4 Å². The molecule has 4 rings (SSSR count). The van der Waals surface area contributed by atoms with Gasteiger partial charge in [-0.1, -0.05) is 42.5 Å². The topological polar surface area (TPSA) is 114 Å². The van der Waals surface area contributed by atoms with Crippen molar-refractivity contribution in [2.45, 2.75) is 18.2 Å². The SMILES string of the molecule is CN(C(=O)C(Cc1ccccc1)NC(=O)NS(=O)(=O)Cc1ccc(F)cc1)c1ccc2c(c1)OCO2. The smallest absolute Gasteiger partial charge is 0.329 e. The number of ether oxygens (including phenoxy) is 2. The Morgan fingerprint density at radius 3 is 2.39 bits per heavy atom. The van der Waals surface area contributed by atoms with Gasteiger partial charge in [-0.15, -0.1) is 0 Å². The van der Waals surface area contributed by atoms with Crippen LogP contribution in [-0.2, 0) is 27.0 Å². The van der Waals surface area contributed by atoms with Gasteiger partial charge < -0.3 is 19.7 Å². The number of fused-ring (bicyclic) bond motifs is 1. The molecule has 3 aromatic carbocycles. The Morgan fingerprint density at radius 1 is 0.972 bits per heavy atom. The highest BCUT2D eigenvalue weighted by molar-refractivity contribution is 7.89. The number of carbonyl (C=O) groups is 2. The molecule has 3 aromatic rings. The lowest BCUT2D eigenvalue weighted by molar-refractivity contribution is -0.120. The number of amides is 3. The van der Waals surface area contributed by atoms with Gasteiger partial charge in [-0.3, -0.25) is 4.79 Å². The van der Waals surface area contributed by atoms with E-state index in [1.54, 1.807) is 49.5 Å². The zero-order valence-electron chi connectivity index (χ0n) is 19.3. The standard InChI is InChI=1S/C25H24FN3O6S/c1-29(20-11-12-22-23(14-20)35-16-34-22)24(30)21(13-17-5-3-2-4-6-17)27-25(31)28-36(32,33)15-18-7-9-19(26)10-8-18/h2-12,14,21H,13,15-16H2,1H3,(H2,27,28,31). The first-order valence-corrected chi connectivity index (χ1v) is 12.6. The summed E-state index contributed by atoms with van der Waals surface area (Å²) in [4.78, 5) is 27.4. The Hall–Kier alpha value is -4.12. The number of benzene rings is 3. The van der Waals surface area contributed by atoms with Gasteiger partial charge in [0.2, 0.25) is 22.7 Å². The molecule has 11 heteroatoms. The van der Waals surface area contributed by atoms with Gasteiger partial charge in [0.1, 0.15) is 11.9 Å². The molecule has 0 aliphatic carbocycles. The number of hydrogen-bond acceptors (Lipinski definition) is 6. The van der Waals surface area contributed by atoms with Crippen molar-refractivity contribution in [3.8, 4) is 11.5 Å². The normalized spacial score (nSPS) is 13.1. The number of nitrogens with zero attached hydrogens (tertiary/aromatic N) is 1. The van der Waals surface area contributed by atoms with Crippen LogP contribution >= 0.6 is 0 Å². The van der Waals surface area contributed by atoms with Crippen LogP contribution in [0.5, 0.6) is 11.5 Å². The van der Waals surface area contributed by atoms with Gasteiger partial charge in [-0.25, -0.2) is 22.3 Å². The monoisotopic (exact) mass is 513 g/mol. The van der Waals surface area contributed by atoms with Crippen molar-refractivity contribution in [2.24, 2.45) is 0 Å². The van der Waals surface area contributed by atoms with E-state index in [2.05, 4.69) is 5.32 Å². The summed E-state index contributed by atoms with van der Waals surface area (Å²) in [7, 11) is -2.57. The van der Waals surface area contributed by atoms with Crippen LogP contribution in [0.2, 0.25) is 0 Å². The van der Waals surface area contributed by atoms with Crippen LogP contribution < -0.4 is 24.4 Å². The minimum Gasteiger partial charge on any atom is -0.454 e. The number of nitrogens with one attached hydrogen (secondary N) is 2. The molecule has 1 aliphatic rings. The number of urea groups is 1. The summed E-state index contributed by atoms with van der Waals surface area (Å²) >= 11 is 0. The molecule has 1 heterocycles. The third-order valence-corrected chi connectivity index (χ3v) is 6.69. The fraction of sp³-hybridized carbons (Fsp3) is 0.200. The Kier molecular flexibility index (Phi) is 7.39. The van der Waals surface area contributed by atoms with Crippen molar-refractivity contribution in [3.05, 3.63) is 89.7 Å². The highest BCUT2D eigenvalue weighted by atomic mass is 32.2. The van der Waals surface area contributed by atoms with E-state index in [1.165, 1.54) is 17.0 Å². The van der Waals surface area contributed by atoms with Crippen LogP contribution in [-0.4, -0.2) is 40.2 Å². The molecule has 9 nitrogen and oxygen atoms in total. The predicted molar refractivity (Wildman–Crippen MR) is 131 cm³/mol. The van der Waals surface area contributed by atoms with Gasteiger partial charge in [0, 0.05) is 25.2 Å². The van der Waals surface area contributed by atoms with Gasteiger partial charge in [0.05, 0.1) is 5.75 Å². The maximum Gasteiger partial charge on any atom is 0.329 e. The van der Waals surface area contributed by atoms with Crippen molar-refractivity contribution in [2.75, 3.05) is 18.7 Å². The van der Waals surface area contributed by atoms with E-state index in [4.69, 9.17) is 9.47 Å². The fourth-order valence-electron chi connectivity index (χ4n) is 3.67. The quantitative estimate of drug-likeness (QED) is 0.479. The maximum atomic E-state index is 13.4. The van der Waals surface area contributed by atoms with Crippen LogP contribution in [0.3, 0.4) is 0 Å². The summed E-state index contributed by atoms with van der Waals surface area (Å²) in [5, 5.41) is 2.48. The highest BCUT2D eigenvalue weighted by Gasteiger charge is 2.28. The largest absolute Gasteiger partial charge is 0.454 e. The molecule has 188 valence electrons. The van der Waals surface area contributed by atoms with Crippen molar-refractivity contribution >= 4 is 27.6 Å². The average Bonchev–Trinajstić information content (AvgIpc) is 3.32. The van der Waals surface area contributed by atoms with Gasteiger partial charge in [0.15, 0.2) is 11.5 Å². The molecular weight excluding hydrogens is 489 g/mol. The Labute approximate surface area is 207 Å². The second kappa shape index (κ2) is 10.6. The molecule has 1 aliphatic heterocycles. The Morgan fingerprint density at radius 2 is 1.67 bits per heavy atom. The van der Waals surface area contributed by atoms with E-state index in [-0.39, 0.29) is 13.2 Å². The van der Waals surface area contributed by atoms with Gasteiger partial charge in [-0.05, 0) is 35.4 Å². The van der Waals surface area contributed by atoms with Crippen LogP contribution in [0.25, 0.3) is 0 Å². The van der Waals surface area contributed by atoms with Crippen molar-refractivity contribution in [3.63, 3.8) is 0 Å². The van der Waals surface area contributed by atoms with E-state index >= 15 is 0 Å². The molecule has 1 atom stereocenters. The lowest BCUT2D eigenvalue weighted by Crippen LogP contribution is -2.52. The molecule has 0 bridgehead atoms. The number of sulfonamides is 1. The molecule has 0 aromatic heterocycles. The zero-order chi connectivity index (χ0) is 25.7. The second-order valence-corrected chi connectivity index (χ2v) is 9.86. The summed E-state index contributed by atoms with van der Waals surface area (Å²) in [5.74, 6) is -0.456. The van der Waals surface area contributed by atoms with Crippen LogP contribution in [0.1, 0.15) is 11.1 Å². The third kappa shape index (κ3) is 6.30. The summed E-state index contributed by atoms with van der Waals surface area (Å²) in [6.07, 6.45) is 0.125. The molecule has 3 amide bonds. The number of rotatable bonds is 8. The first-order chi connectivity index (χ1) is 17.2. The zero-order valence-corrected chi connectivity index (χ0v) is 20.1. The van der Waals surface area contributed by atoms with Gasteiger partial charge in [-0.2, -0.15) is 0 Å². The molecule has 0 spiro atoms.